The minimum atomic E-state index is 0.149. The smallest absolute Gasteiger partial charge is 0.0590 e. The minimum Gasteiger partial charge on any atom is -0.383 e. The normalized spacial score (nSPS) is 19.5. The molecule has 18 heavy (non-hydrogen) atoms. The second-order valence-corrected chi connectivity index (χ2v) is 6.01. The van der Waals surface area contributed by atoms with E-state index in [0.29, 0.717) is 6.04 Å². The van der Waals surface area contributed by atoms with Crippen molar-refractivity contribution in [3.8, 4) is 0 Å². The van der Waals surface area contributed by atoms with E-state index in [4.69, 9.17) is 10.5 Å². The first-order chi connectivity index (χ1) is 8.61. The Kier molecular flexibility index (Phi) is 6.61. The Morgan fingerprint density at radius 2 is 1.94 bits per heavy atom. The highest BCUT2D eigenvalue weighted by molar-refractivity contribution is 4.95. The highest BCUT2D eigenvalue weighted by atomic mass is 16.5. The van der Waals surface area contributed by atoms with E-state index >= 15 is 0 Å². The highest BCUT2D eigenvalue weighted by Gasteiger charge is 2.38. The molecule has 1 saturated carbocycles. The molecule has 108 valence electrons. The summed E-state index contributed by atoms with van der Waals surface area (Å²) in [6.07, 6.45) is 6.44. The zero-order valence-electron chi connectivity index (χ0n) is 12.7. The number of hydrogen-bond donors (Lipinski definition) is 1. The van der Waals surface area contributed by atoms with Crippen LogP contribution in [0.1, 0.15) is 52.9 Å². The number of nitrogens with zero attached hydrogens (tertiary/aromatic N) is 1. The molecule has 3 nitrogen and oxygen atoms in total. The zero-order chi connectivity index (χ0) is 13.6. The monoisotopic (exact) mass is 256 g/mol. The average molecular weight is 256 g/mol. The molecule has 1 atom stereocenters. The molecule has 0 spiro atoms. The van der Waals surface area contributed by atoms with Gasteiger partial charge in [-0.25, -0.2) is 0 Å². The van der Waals surface area contributed by atoms with Crippen LogP contribution in [-0.4, -0.2) is 43.3 Å². The van der Waals surface area contributed by atoms with E-state index in [-0.39, 0.29) is 5.54 Å². The van der Waals surface area contributed by atoms with Crippen molar-refractivity contribution >= 4 is 0 Å². The lowest BCUT2D eigenvalue weighted by Crippen LogP contribution is -2.57. The molecule has 0 saturated heterocycles. The van der Waals surface area contributed by atoms with Gasteiger partial charge in [-0.3, -0.25) is 4.90 Å². The van der Waals surface area contributed by atoms with Crippen LogP contribution in [0.15, 0.2) is 0 Å². The minimum absolute atomic E-state index is 0.149. The van der Waals surface area contributed by atoms with Gasteiger partial charge in [0.2, 0.25) is 0 Å². The van der Waals surface area contributed by atoms with Gasteiger partial charge in [-0.05, 0) is 32.1 Å². The van der Waals surface area contributed by atoms with Gasteiger partial charge in [0.25, 0.3) is 0 Å². The van der Waals surface area contributed by atoms with Gasteiger partial charge in [0, 0.05) is 31.8 Å². The van der Waals surface area contributed by atoms with Gasteiger partial charge >= 0.3 is 0 Å². The molecule has 0 amide bonds. The van der Waals surface area contributed by atoms with Crippen molar-refractivity contribution in [1.82, 2.24) is 4.90 Å². The van der Waals surface area contributed by atoms with E-state index < -0.39 is 0 Å². The molecule has 1 aliphatic carbocycles. The molecule has 0 radical (unpaired) electrons. The van der Waals surface area contributed by atoms with Gasteiger partial charge in [-0.1, -0.05) is 26.7 Å². The molecule has 0 aromatic heterocycles. The summed E-state index contributed by atoms with van der Waals surface area (Å²) in [5.41, 5.74) is 6.27. The quantitative estimate of drug-likeness (QED) is 0.653. The largest absolute Gasteiger partial charge is 0.383 e. The molecule has 3 heteroatoms. The maximum Gasteiger partial charge on any atom is 0.0590 e. The van der Waals surface area contributed by atoms with Crippen molar-refractivity contribution < 1.29 is 4.74 Å². The van der Waals surface area contributed by atoms with E-state index in [1.807, 2.05) is 0 Å². The van der Waals surface area contributed by atoms with Gasteiger partial charge < -0.3 is 10.5 Å². The first-order valence-corrected chi connectivity index (χ1v) is 7.57. The Morgan fingerprint density at radius 3 is 2.33 bits per heavy atom. The SMILES string of the molecule is CCC(CC)N(CCOC)C(C)(CN)CC1CC1. The van der Waals surface area contributed by atoms with Crippen molar-refractivity contribution in [3.63, 3.8) is 0 Å². The summed E-state index contributed by atoms with van der Waals surface area (Å²) in [7, 11) is 1.78. The summed E-state index contributed by atoms with van der Waals surface area (Å²) in [6.45, 7) is 9.47. The van der Waals surface area contributed by atoms with E-state index in [2.05, 4.69) is 25.7 Å². The van der Waals surface area contributed by atoms with E-state index in [9.17, 15) is 0 Å². The van der Waals surface area contributed by atoms with Crippen LogP contribution in [0.25, 0.3) is 0 Å². The van der Waals surface area contributed by atoms with Crippen LogP contribution in [0.3, 0.4) is 0 Å². The summed E-state index contributed by atoms with van der Waals surface area (Å²) >= 11 is 0. The molecule has 1 rings (SSSR count). The fourth-order valence-electron chi connectivity index (χ4n) is 3.07. The molecule has 1 unspecified atom stereocenters. The highest BCUT2D eigenvalue weighted by Crippen LogP contribution is 2.39. The van der Waals surface area contributed by atoms with E-state index in [1.165, 1.54) is 32.1 Å². The number of ether oxygens (including phenoxy) is 1. The first-order valence-electron chi connectivity index (χ1n) is 7.57. The number of rotatable bonds is 10. The maximum atomic E-state index is 6.12. The van der Waals surface area contributed by atoms with Crippen molar-refractivity contribution in [2.45, 2.75) is 64.5 Å². The molecule has 0 aliphatic heterocycles. The van der Waals surface area contributed by atoms with Crippen LogP contribution in [0, 0.1) is 5.92 Å². The third-order valence-corrected chi connectivity index (χ3v) is 4.48. The van der Waals surface area contributed by atoms with Crippen molar-refractivity contribution in [2.24, 2.45) is 11.7 Å². The fourth-order valence-corrected chi connectivity index (χ4v) is 3.07. The van der Waals surface area contributed by atoms with Crippen LogP contribution in [0.2, 0.25) is 0 Å². The predicted octanol–water partition coefficient (Wildman–Crippen LogP) is 2.64. The Bertz CT molecular complexity index is 227. The molecule has 0 aromatic carbocycles. The summed E-state index contributed by atoms with van der Waals surface area (Å²) in [5, 5.41) is 0. The Morgan fingerprint density at radius 1 is 1.33 bits per heavy atom. The van der Waals surface area contributed by atoms with Gasteiger partial charge in [-0.2, -0.15) is 0 Å². The standard InChI is InChI=1S/C15H32N2O/c1-5-14(6-2)17(9-10-18-4)15(3,12-16)11-13-7-8-13/h13-14H,5-12,16H2,1-4H3. The second-order valence-electron chi connectivity index (χ2n) is 6.01. The van der Waals surface area contributed by atoms with Crippen LogP contribution in [0.4, 0.5) is 0 Å². The lowest BCUT2D eigenvalue weighted by Gasteiger charge is -2.45. The molecular weight excluding hydrogens is 224 g/mol. The third kappa shape index (κ3) is 4.22. The number of methoxy groups -OCH3 is 1. The fraction of sp³-hybridized carbons (Fsp3) is 1.00. The summed E-state index contributed by atoms with van der Waals surface area (Å²) < 4.78 is 5.29. The lowest BCUT2D eigenvalue weighted by atomic mass is 9.89. The lowest BCUT2D eigenvalue weighted by molar-refractivity contribution is 0.0215. The number of hydrogen-bond acceptors (Lipinski definition) is 3. The van der Waals surface area contributed by atoms with E-state index in [0.717, 1.165) is 25.6 Å². The molecule has 0 heterocycles. The zero-order valence-corrected chi connectivity index (χ0v) is 12.7. The molecular formula is C15H32N2O. The third-order valence-electron chi connectivity index (χ3n) is 4.48. The Balaban J connectivity index is 2.74. The van der Waals surface area contributed by atoms with Gasteiger partial charge in [0.1, 0.15) is 0 Å². The molecule has 0 bridgehead atoms. The summed E-state index contributed by atoms with van der Waals surface area (Å²) in [6, 6.07) is 0.632. The second kappa shape index (κ2) is 7.46. The van der Waals surface area contributed by atoms with Crippen LogP contribution in [0.5, 0.6) is 0 Å². The van der Waals surface area contributed by atoms with Crippen molar-refractivity contribution in [1.29, 1.82) is 0 Å². The molecule has 2 N–H and O–H groups in total. The average Bonchev–Trinajstić information content (AvgIpc) is 3.18. The molecule has 1 fully saturated rings. The predicted molar refractivity (Wildman–Crippen MR) is 77.8 cm³/mol. The van der Waals surface area contributed by atoms with Crippen LogP contribution < -0.4 is 5.73 Å². The Hall–Kier alpha value is -0.120. The topological polar surface area (TPSA) is 38.5 Å². The summed E-state index contributed by atoms with van der Waals surface area (Å²) in [5.74, 6) is 0.915. The first kappa shape index (κ1) is 15.9. The van der Waals surface area contributed by atoms with Crippen LogP contribution >= 0.6 is 0 Å². The van der Waals surface area contributed by atoms with Gasteiger partial charge in [-0.15, -0.1) is 0 Å². The number of nitrogens with two attached hydrogens (primary N) is 1. The van der Waals surface area contributed by atoms with Gasteiger partial charge in [0.05, 0.1) is 6.61 Å². The van der Waals surface area contributed by atoms with E-state index in [1.54, 1.807) is 7.11 Å². The maximum absolute atomic E-state index is 6.12. The Labute approximate surface area is 113 Å². The molecule has 0 aromatic rings. The molecule has 1 aliphatic rings. The van der Waals surface area contributed by atoms with Crippen LogP contribution in [-0.2, 0) is 4.74 Å². The van der Waals surface area contributed by atoms with Crippen molar-refractivity contribution in [3.05, 3.63) is 0 Å². The summed E-state index contributed by atoms with van der Waals surface area (Å²) in [4.78, 5) is 2.62. The van der Waals surface area contributed by atoms with Gasteiger partial charge in [0.15, 0.2) is 0 Å². The van der Waals surface area contributed by atoms with Crippen molar-refractivity contribution in [2.75, 3.05) is 26.8 Å².